The monoisotopic (exact) mass is 368 g/mol. The van der Waals surface area contributed by atoms with E-state index in [9.17, 15) is 4.79 Å². The predicted molar refractivity (Wildman–Crippen MR) is 108 cm³/mol. The Morgan fingerprint density at radius 1 is 1.19 bits per heavy atom. The first-order chi connectivity index (χ1) is 12.2. The molecule has 3 aromatic rings. The summed E-state index contributed by atoms with van der Waals surface area (Å²) in [5, 5.41) is 3.45. The molecule has 0 unspecified atom stereocenters. The van der Waals surface area contributed by atoms with E-state index in [1.165, 1.54) is 16.9 Å². The molecular weight excluding hydrogens is 344 g/mol. The average molecular weight is 369 g/mol. The van der Waals surface area contributed by atoms with Gasteiger partial charge in [-0.2, -0.15) is 0 Å². The number of nitrogens with zero attached hydrogens (tertiary/aromatic N) is 1. The third kappa shape index (κ3) is 4.05. The number of para-hydroxylation sites is 1. The lowest BCUT2D eigenvalue weighted by atomic mass is 9.86. The van der Waals surface area contributed by atoms with Gasteiger partial charge in [0.25, 0.3) is 5.91 Å². The molecule has 0 atom stereocenters. The van der Waals surface area contributed by atoms with E-state index in [1.807, 2.05) is 31.2 Å². The lowest BCUT2D eigenvalue weighted by molar-refractivity contribution is -0.118. The Labute approximate surface area is 158 Å². The van der Waals surface area contributed by atoms with Gasteiger partial charge in [-0.15, -0.1) is 0 Å². The van der Waals surface area contributed by atoms with Crippen LogP contribution in [0.25, 0.3) is 10.2 Å². The van der Waals surface area contributed by atoms with Gasteiger partial charge in [0.1, 0.15) is 5.75 Å². The second kappa shape index (κ2) is 7.08. The Hall–Kier alpha value is -2.40. The second-order valence-electron chi connectivity index (χ2n) is 7.53. The molecule has 0 saturated heterocycles. The molecule has 0 aliphatic heterocycles. The minimum absolute atomic E-state index is 0.0406. The zero-order valence-electron chi connectivity index (χ0n) is 15.8. The quantitative estimate of drug-likeness (QED) is 0.686. The van der Waals surface area contributed by atoms with Crippen molar-refractivity contribution in [2.45, 2.75) is 40.0 Å². The van der Waals surface area contributed by atoms with Crippen LogP contribution in [0.3, 0.4) is 0 Å². The Kier molecular flexibility index (Phi) is 5.01. The second-order valence-corrected chi connectivity index (χ2v) is 8.56. The summed E-state index contributed by atoms with van der Waals surface area (Å²) in [5.41, 5.74) is 4.29. The lowest BCUT2D eigenvalue weighted by Gasteiger charge is -2.22. The molecule has 0 bridgehead atoms. The van der Waals surface area contributed by atoms with Crippen molar-refractivity contribution >= 4 is 32.6 Å². The van der Waals surface area contributed by atoms with Gasteiger partial charge >= 0.3 is 0 Å². The molecule has 5 heteroatoms. The minimum atomic E-state index is -0.206. The molecule has 0 fully saturated rings. The Morgan fingerprint density at radius 2 is 1.92 bits per heavy atom. The van der Waals surface area contributed by atoms with Crippen molar-refractivity contribution in [3.05, 3.63) is 53.1 Å². The van der Waals surface area contributed by atoms with Crippen molar-refractivity contribution in [1.82, 2.24) is 4.98 Å². The maximum absolute atomic E-state index is 12.3. The molecule has 1 heterocycles. The molecule has 0 aliphatic rings. The fourth-order valence-electron chi connectivity index (χ4n) is 2.93. The molecule has 1 amide bonds. The Morgan fingerprint density at radius 3 is 2.65 bits per heavy atom. The van der Waals surface area contributed by atoms with Gasteiger partial charge in [-0.25, -0.2) is 4.98 Å². The van der Waals surface area contributed by atoms with Gasteiger partial charge in [-0.1, -0.05) is 56.4 Å². The standard InChI is InChI=1S/C21H24N2O2S/c1-13-10-14(2)19-17(11-13)26-20(23-19)22-18(24)12-25-16-9-7-6-8-15(16)21(3,4)5/h6-11H,12H2,1-5H3,(H,22,23,24). The third-order valence-electron chi connectivity index (χ3n) is 4.13. The number of carbonyl (C=O) groups excluding carboxylic acids is 1. The molecule has 0 radical (unpaired) electrons. The first-order valence-corrected chi connectivity index (χ1v) is 9.45. The van der Waals surface area contributed by atoms with E-state index in [0.29, 0.717) is 5.13 Å². The van der Waals surface area contributed by atoms with Gasteiger partial charge in [0.15, 0.2) is 11.7 Å². The summed E-state index contributed by atoms with van der Waals surface area (Å²) in [6, 6.07) is 12.0. The highest BCUT2D eigenvalue weighted by molar-refractivity contribution is 7.22. The third-order valence-corrected chi connectivity index (χ3v) is 5.05. The summed E-state index contributed by atoms with van der Waals surface area (Å²) < 4.78 is 6.86. The fourth-order valence-corrected chi connectivity index (χ4v) is 3.99. The first kappa shape index (κ1) is 18.4. The maximum Gasteiger partial charge on any atom is 0.264 e. The molecule has 2 aromatic carbocycles. The summed E-state index contributed by atoms with van der Waals surface area (Å²) in [4.78, 5) is 16.8. The van der Waals surface area contributed by atoms with Crippen molar-refractivity contribution in [2.24, 2.45) is 0 Å². The van der Waals surface area contributed by atoms with Crippen molar-refractivity contribution in [2.75, 3.05) is 11.9 Å². The Balaban J connectivity index is 1.70. The van der Waals surface area contributed by atoms with Gasteiger partial charge in [-0.3, -0.25) is 10.1 Å². The van der Waals surface area contributed by atoms with Gasteiger partial charge in [0, 0.05) is 0 Å². The van der Waals surface area contributed by atoms with Crippen molar-refractivity contribution in [3.8, 4) is 5.75 Å². The zero-order chi connectivity index (χ0) is 18.9. The smallest absolute Gasteiger partial charge is 0.264 e. The highest BCUT2D eigenvalue weighted by Crippen LogP contribution is 2.31. The van der Waals surface area contributed by atoms with Crippen LogP contribution in [0.15, 0.2) is 36.4 Å². The molecule has 0 spiro atoms. The van der Waals surface area contributed by atoms with Crippen LogP contribution in [0.1, 0.15) is 37.5 Å². The number of nitrogens with one attached hydrogen (secondary N) is 1. The molecule has 26 heavy (non-hydrogen) atoms. The largest absolute Gasteiger partial charge is 0.483 e. The first-order valence-electron chi connectivity index (χ1n) is 8.64. The van der Waals surface area contributed by atoms with Crippen LogP contribution in [0, 0.1) is 13.8 Å². The van der Waals surface area contributed by atoms with Gasteiger partial charge in [-0.05, 0) is 48.1 Å². The number of aromatic nitrogens is 1. The van der Waals surface area contributed by atoms with E-state index in [1.54, 1.807) is 0 Å². The number of hydrogen-bond donors (Lipinski definition) is 1. The van der Waals surface area contributed by atoms with E-state index < -0.39 is 0 Å². The normalized spacial score (nSPS) is 11.6. The van der Waals surface area contributed by atoms with Crippen molar-refractivity contribution < 1.29 is 9.53 Å². The summed E-state index contributed by atoms with van der Waals surface area (Å²) in [6.07, 6.45) is 0. The summed E-state index contributed by atoms with van der Waals surface area (Å²) in [7, 11) is 0. The molecule has 1 aromatic heterocycles. The fraction of sp³-hybridized carbons (Fsp3) is 0.333. The predicted octanol–water partition coefficient (Wildman–Crippen LogP) is 5.23. The number of anilines is 1. The molecule has 3 rings (SSSR count). The number of rotatable bonds is 4. The van der Waals surface area contributed by atoms with Crippen LogP contribution in [0.5, 0.6) is 5.75 Å². The highest BCUT2D eigenvalue weighted by atomic mass is 32.1. The highest BCUT2D eigenvalue weighted by Gasteiger charge is 2.19. The lowest BCUT2D eigenvalue weighted by Crippen LogP contribution is -2.21. The van der Waals surface area contributed by atoms with Crippen molar-refractivity contribution in [1.29, 1.82) is 0 Å². The molecule has 136 valence electrons. The van der Waals surface area contributed by atoms with E-state index in [-0.39, 0.29) is 17.9 Å². The number of ether oxygens (including phenoxy) is 1. The van der Waals surface area contributed by atoms with Crippen LogP contribution in [0.4, 0.5) is 5.13 Å². The average Bonchev–Trinajstić information content (AvgIpc) is 2.95. The number of benzene rings is 2. The molecule has 0 saturated carbocycles. The number of thiazole rings is 1. The summed E-state index contributed by atoms with van der Waals surface area (Å²) in [6.45, 7) is 10.4. The molecule has 1 N–H and O–H groups in total. The van der Waals surface area contributed by atoms with E-state index in [4.69, 9.17) is 4.74 Å². The summed E-state index contributed by atoms with van der Waals surface area (Å²) in [5.74, 6) is 0.535. The molecule has 0 aliphatic carbocycles. The van der Waals surface area contributed by atoms with Gasteiger partial charge in [0.05, 0.1) is 10.2 Å². The van der Waals surface area contributed by atoms with Crippen LogP contribution in [-0.2, 0) is 10.2 Å². The molecular formula is C21H24N2O2S. The summed E-state index contributed by atoms with van der Waals surface area (Å²) >= 11 is 1.48. The zero-order valence-corrected chi connectivity index (χ0v) is 16.7. The van der Waals surface area contributed by atoms with Gasteiger partial charge in [0.2, 0.25) is 0 Å². The number of fused-ring (bicyclic) bond motifs is 1. The van der Waals surface area contributed by atoms with Gasteiger partial charge < -0.3 is 4.74 Å². The topological polar surface area (TPSA) is 51.2 Å². The number of hydrogen-bond acceptors (Lipinski definition) is 4. The number of carbonyl (C=O) groups is 1. The minimum Gasteiger partial charge on any atom is -0.483 e. The number of amides is 1. The van der Waals surface area contributed by atoms with E-state index in [2.05, 4.69) is 50.1 Å². The van der Waals surface area contributed by atoms with Crippen LogP contribution in [-0.4, -0.2) is 17.5 Å². The Bertz CT molecular complexity index is 954. The molecule has 4 nitrogen and oxygen atoms in total. The van der Waals surface area contributed by atoms with Crippen LogP contribution < -0.4 is 10.1 Å². The van der Waals surface area contributed by atoms with Crippen molar-refractivity contribution in [3.63, 3.8) is 0 Å². The SMILES string of the molecule is Cc1cc(C)c2nc(NC(=O)COc3ccccc3C(C)(C)C)sc2c1. The van der Waals surface area contributed by atoms with Crippen LogP contribution in [0.2, 0.25) is 0 Å². The van der Waals surface area contributed by atoms with E-state index >= 15 is 0 Å². The van der Waals surface area contributed by atoms with E-state index in [0.717, 1.165) is 27.1 Å². The number of aryl methyl sites for hydroxylation is 2. The maximum atomic E-state index is 12.3. The van der Waals surface area contributed by atoms with Crippen LogP contribution >= 0.6 is 11.3 Å².